The van der Waals surface area contributed by atoms with Gasteiger partial charge in [0.25, 0.3) is 15.9 Å². The third kappa shape index (κ3) is 5.21. The summed E-state index contributed by atoms with van der Waals surface area (Å²) >= 11 is 5.97. The van der Waals surface area contributed by atoms with E-state index in [2.05, 4.69) is 4.72 Å². The molecule has 2 aromatic rings. The molecule has 0 aromatic heterocycles. The second-order valence-corrected chi connectivity index (χ2v) is 7.98. The van der Waals surface area contributed by atoms with Crippen molar-refractivity contribution in [2.45, 2.75) is 17.9 Å². The maximum absolute atomic E-state index is 12.6. The summed E-state index contributed by atoms with van der Waals surface area (Å²) in [5.41, 5.74) is 0.229. The monoisotopic (exact) mass is 410 g/mol. The predicted octanol–water partition coefficient (Wildman–Crippen LogP) is 2.77. The van der Waals surface area contributed by atoms with Gasteiger partial charge < -0.3 is 9.64 Å². The van der Waals surface area contributed by atoms with Crippen molar-refractivity contribution in [1.82, 2.24) is 4.90 Å². The molecular weight excluding hydrogens is 392 g/mol. The van der Waals surface area contributed by atoms with Crippen LogP contribution in [0.15, 0.2) is 53.4 Å². The minimum atomic E-state index is -3.97. The summed E-state index contributed by atoms with van der Waals surface area (Å²) in [4.78, 5) is 25.2. The summed E-state index contributed by atoms with van der Waals surface area (Å²) in [5.74, 6) is -1.18. The molecule has 0 aliphatic rings. The molecule has 27 heavy (non-hydrogen) atoms. The maximum Gasteiger partial charge on any atom is 0.338 e. The lowest BCUT2D eigenvalue weighted by Gasteiger charge is -2.17. The van der Waals surface area contributed by atoms with Gasteiger partial charge in [-0.2, -0.15) is 0 Å². The van der Waals surface area contributed by atoms with E-state index in [0.29, 0.717) is 0 Å². The second kappa shape index (κ2) is 8.41. The number of nitrogens with zero attached hydrogens (tertiary/aromatic N) is 1. The molecule has 1 amide bonds. The van der Waals surface area contributed by atoms with Crippen LogP contribution in [0.3, 0.4) is 0 Å². The molecule has 1 atom stereocenters. The van der Waals surface area contributed by atoms with Crippen molar-refractivity contribution in [3.8, 4) is 0 Å². The smallest absolute Gasteiger partial charge is 0.338 e. The van der Waals surface area contributed by atoms with Gasteiger partial charge in [-0.25, -0.2) is 13.2 Å². The summed E-state index contributed by atoms with van der Waals surface area (Å²) in [6.45, 7) is 1.44. The van der Waals surface area contributed by atoms with Gasteiger partial charge in [0.05, 0.1) is 21.2 Å². The lowest BCUT2D eigenvalue weighted by atomic mass is 10.2. The Bertz CT molecular complexity index is 960. The highest BCUT2D eigenvalue weighted by Crippen LogP contribution is 2.24. The molecule has 0 heterocycles. The molecule has 0 saturated carbocycles. The number of likely N-dealkylation sites (N-methyl/N-ethyl adjacent to an activating group) is 1. The van der Waals surface area contributed by atoms with Crippen molar-refractivity contribution in [3.63, 3.8) is 0 Å². The molecular formula is C18H19ClN2O5S. The maximum atomic E-state index is 12.6. The molecule has 0 radical (unpaired) electrons. The number of nitrogens with one attached hydrogen (secondary N) is 1. The number of esters is 1. The van der Waals surface area contributed by atoms with Crippen LogP contribution in [-0.4, -0.2) is 45.4 Å². The first-order valence-electron chi connectivity index (χ1n) is 7.91. The normalized spacial score (nSPS) is 12.1. The number of benzene rings is 2. The number of carbonyl (C=O) groups excluding carboxylic acids is 2. The van der Waals surface area contributed by atoms with Crippen molar-refractivity contribution in [2.75, 3.05) is 18.8 Å². The van der Waals surface area contributed by atoms with Gasteiger partial charge in [-0.1, -0.05) is 29.8 Å². The topological polar surface area (TPSA) is 92.8 Å². The Hall–Kier alpha value is -2.58. The number of ether oxygens (including phenoxy) is 1. The zero-order chi connectivity index (χ0) is 20.2. The summed E-state index contributed by atoms with van der Waals surface area (Å²) in [5, 5.41) is 0.243. The van der Waals surface area contributed by atoms with Crippen LogP contribution in [-0.2, 0) is 19.6 Å². The molecule has 9 heteroatoms. The minimum Gasteiger partial charge on any atom is -0.449 e. The largest absolute Gasteiger partial charge is 0.449 e. The Morgan fingerprint density at radius 2 is 1.78 bits per heavy atom. The van der Waals surface area contributed by atoms with E-state index in [1.165, 1.54) is 42.2 Å². The number of halogens is 1. The highest BCUT2D eigenvalue weighted by atomic mass is 35.5. The fraction of sp³-hybridized carbons (Fsp3) is 0.222. The van der Waals surface area contributed by atoms with Gasteiger partial charge in [-0.3, -0.25) is 9.52 Å². The van der Waals surface area contributed by atoms with Gasteiger partial charge in [0.1, 0.15) is 0 Å². The molecule has 0 spiro atoms. The van der Waals surface area contributed by atoms with Crippen LogP contribution in [0.1, 0.15) is 17.3 Å². The van der Waals surface area contributed by atoms with E-state index in [0.717, 1.165) is 0 Å². The zero-order valence-corrected chi connectivity index (χ0v) is 16.5. The van der Waals surface area contributed by atoms with Crippen molar-refractivity contribution < 1.29 is 22.7 Å². The first kappa shape index (κ1) is 20.7. The molecule has 144 valence electrons. The van der Waals surface area contributed by atoms with Gasteiger partial charge >= 0.3 is 5.97 Å². The van der Waals surface area contributed by atoms with Gasteiger partial charge in [0.2, 0.25) is 0 Å². The Morgan fingerprint density at radius 3 is 2.41 bits per heavy atom. The van der Waals surface area contributed by atoms with E-state index in [-0.39, 0.29) is 27.1 Å². The molecule has 0 aliphatic heterocycles. The van der Waals surface area contributed by atoms with E-state index >= 15 is 0 Å². The lowest BCUT2D eigenvalue weighted by molar-refractivity contribution is -0.137. The van der Waals surface area contributed by atoms with Gasteiger partial charge in [-0.15, -0.1) is 0 Å². The fourth-order valence-electron chi connectivity index (χ4n) is 2.18. The first-order chi connectivity index (χ1) is 12.6. The van der Waals surface area contributed by atoms with Gasteiger partial charge in [0, 0.05) is 14.1 Å². The van der Waals surface area contributed by atoms with E-state index in [9.17, 15) is 18.0 Å². The number of sulfonamides is 1. The van der Waals surface area contributed by atoms with Crippen LogP contribution >= 0.6 is 11.6 Å². The Labute approximate surface area is 162 Å². The van der Waals surface area contributed by atoms with Gasteiger partial charge in [0.15, 0.2) is 6.10 Å². The van der Waals surface area contributed by atoms with Crippen molar-refractivity contribution in [1.29, 1.82) is 0 Å². The molecule has 0 aliphatic carbocycles. The standard InChI is InChI=1S/C18H19ClN2O5S/c1-12(17(22)21(2)3)26-18(23)13-7-6-8-14(11-13)27(24,25)20-16-10-5-4-9-15(16)19/h4-12,20H,1-3H3/t12-/m0/s1. The SMILES string of the molecule is C[C@H](OC(=O)c1cccc(S(=O)(=O)Nc2ccccc2Cl)c1)C(=O)N(C)C. The Balaban J connectivity index is 2.22. The molecule has 0 bridgehead atoms. The van der Waals surface area contributed by atoms with E-state index < -0.39 is 22.1 Å². The molecule has 0 unspecified atom stereocenters. The average Bonchev–Trinajstić information content (AvgIpc) is 2.62. The number of rotatable bonds is 6. The predicted molar refractivity (Wildman–Crippen MR) is 102 cm³/mol. The lowest BCUT2D eigenvalue weighted by Crippen LogP contribution is -2.34. The summed E-state index contributed by atoms with van der Waals surface area (Å²) in [7, 11) is -0.884. The second-order valence-electron chi connectivity index (χ2n) is 5.89. The third-order valence-electron chi connectivity index (χ3n) is 3.57. The molecule has 0 fully saturated rings. The van der Waals surface area contributed by atoms with Crippen LogP contribution in [0.5, 0.6) is 0 Å². The fourth-order valence-corrected chi connectivity index (χ4v) is 3.54. The number of carbonyl (C=O) groups is 2. The number of amides is 1. The van der Waals surface area contributed by atoms with Crippen LogP contribution in [0.25, 0.3) is 0 Å². The van der Waals surface area contributed by atoms with E-state index in [4.69, 9.17) is 16.3 Å². The summed E-state index contributed by atoms with van der Waals surface area (Å²) in [6, 6.07) is 11.7. The molecule has 2 aromatic carbocycles. The summed E-state index contributed by atoms with van der Waals surface area (Å²) in [6.07, 6.45) is -0.992. The van der Waals surface area contributed by atoms with Crippen LogP contribution in [0, 0.1) is 0 Å². The number of anilines is 1. The van der Waals surface area contributed by atoms with Crippen LogP contribution in [0.4, 0.5) is 5.69 Å². The van der Waals surface area contributed by atoms with Crippen molar-refractivity contribution >= 4 is 39.2 Å². The third-order valence-corrected chi connectivity index (χ3v) is 5.26. The quantitative estimate of drug-likeness (QED) is 0.739. The molecule has 0 saturated heterocycles. The Kier molecular flexibility index (Phi) is 6.45. The van der Waals surface area contributed by atoms with Crippen molar-refractivity contribution in [2.24, 2.45) is 0 Å². The van der Waals surface area contributed by atoms with Crippen LogP contribution in [0.2, 0.25) is 5.02 Å². The first-order valence-corrected chi connectivity index (χ1v) is 9.77. The van der Waals surface area contributed by atoms with Crippen LogP contribution < -0.4 is 4.72 Å². The van der Waals surface area contributed by atoms with E-state index in [1.54, 1.807) is 32.3 Å². The highest BCUT2D eigenvalue weighted by Gasteiger charge is 2.22. The summed E-state index contributed by atoms with van der Waals surface area (Å²) < 4.78 is 32.6. The zero-order valence-electron chi connectivity index (χ0n) is 15.0. The highest BCUT2D eigenvalue weighted by molar-refractivity contribution is 7.92. The number of hydrogen-bond donors (Lipinski definition) is 1. The Morgan fingerprint density at radius 1 is 1.11 bits per heavy atom. The number of para-hydroxylation sites is 1. The van der Waals surface area contributed by atoms with Crippen molar-refractivity contribution in [3.05, 3.63) is 59.1 Å². The number of hydrogen-bond acceptors (Lipinski definition) is 5. The molecule has 1 N–H and O–H groups in total. The average molecular weight is 411 g/mol. The van der Waals surface area contributed by atoms with Gasteiger partial charge in [-0.05, 0) is 37.3 Å². The van der Waals surface area contributed by atoms with E-state index in [1.807, 2.05) is 0 Å². The molecule has 2 rings (SSSR count). The minimum absolute atomic E-state index is 0.00967. The molecule has 7 nitrogen and oxygen atoms in total.